The Balaban J connectivity index is 1.33. The highest BCUT2D eigenvalue weighted by molar-refractivity contribution is 4.95. The van der Waals surface area contributed by atoms with Gasteiger partial charge in [-0.05, 0) is 102 Å². The van der Waals surface area contributed by atoms with Crippen molar-refractivity contribution in [1.29, 1.82) is 0 Å². The van der Waals surface area contributed by atoms with E-state index in [4.69, 9.17) is 9.47 Å². The number of piperidine rings is 1. The zero-order valence-electron chi connectivity index (χ0n) is 23.4. The van der Waals surface area contributed by atoms with Gasteiger partial charge < -0.3 is 9.47 Å². The summed E-state index contributed by atoms with van der Waals surface area (Å²) in [5, 5.41) is 0. The number of nitrogens with zero attached hydrogens (tertiary/aromatic N) is 1. The van der Waals surface area contributed by atoms with Gasteiger partial charge in [-0.25, -0.2) is 0 Å². The molecule has 3 heterocycles. The van der Waals surface area contributed by atoms with Crippen LogP contribution in [-0.2, 0) is 9.47 Å². The van der Waals surface area contributed by atoms with Crippen LogP contribution >= 0.6 is 0 Å². The molecule has 4 atom stereocenters. The van der Waals surface area contributed by atoms with Gasteiger partial charge in [0.25, 0.3) is 0 Å². The van der Waals surface area contributed by atoms with Crippen molar-refractivity contribution in [2.75, 3.05) is 19.7 Å². The molecule has 4 rings (SSSR count). The summed E-state index contributed by atoms with van der Waals surface area (Å²) in [5.74, 6) is 0.795. The van der Waals surface area contributed by atoms with E-state index in [2.05, 4.69) is 29.2 Å². The Morgan fingerprint density at radius 1 is 0.556 bits per heavy atom. The highest BCUT2D eigenvalue weighted by atomic mass is 16.5. The zero-order chi connectivity index (χ0) is 24.7. The Kier molecular flexibility index (Phi) is 13.4. The maximum atomic E-state index is 6.71. The molecule has 36 heavy (non-hydrogen) atoms. The van der Waals surface area contributed by atoms with Crippen LogP contribution in [0.1, 0.15) is 135 Å². The lowest BCUT2D eigenvalue weighted by Crippen LogP contribution is -2.44. The second-order valence-corrected chi connectivity index (χ2v) is 12.3. The highest BCUT2D eigenvalue weighted by Gasteiger charge is 2.27. The van der Waals surface area contributed by atoms with Crippen molar-refractivity contribution < 1.29 is 9.47 Å². The van der Waals surface area contributed by atoms with Crippen LogP contribution in [-0.4, -0.2) is 49.0 Å². The van der Waals surface area contributed by atoms with Crippen LogP contribution in [0.4, 0.5) is 0 Å². The molecule has 2 bridgehead atoms. The standard InChI is InChI=1S/C33H57NO2/c1-2-4-6-11-19-31(24-23-29-16-9-8-10-17-29)35-28-30-18-13-14-26-34(30)27-25-33-22-15-21-32(36-33)20-12-7-5-3-1/h1,3,23-24,29-33H,2,4-22,25-28H2. The first kappa shape index (κ1) is 28.4. The molecule has 0 radical (unpaired) electrons. The van der Waals surface area contributed by atoms with Crippen LogP contribution in [0.3, 0.4) is 0 Å². The highest BCUT2D eigenvalue weighted by Crippen LogP contribution is 2.28. The summed E-state index contributed by atoms with van der Waals surface area (Å²) >= 11 is 0. The number of allylic oxidation sites excluding steroid dienone is 3. The van der Waals surface area contributed by atoms with E-state index >= 15 is 0 Å². The smallest absolute Gasteiger partial charge is 0.0756 e. The van der Waals surface area contributed by atoms with E-state index in [1.165, 1.54) is 148 Å². The van der Waals surface area contributed by atoms with Gasteiger partial charge in [0, 0.05) is 12.6 Å². The second kappa shape index (κ2) is 17.0. The molecule has 3 aliphatic heterocycles. The van der Waals surface area contributed by atoms with Crippen molar-refractivity contribution in [1.82, 2.24) is 4.90 Å². The Morgan fingerprint density at radius 2 is 1.22 bits per heavy atom. The Labute approximate surface area is 223 Å². The van der Waals surface area contributed by atoms with Crippen molar-refractivity contribution in [3.63, 3.8) is 0 Å². The van der Waals surface area contributed by atoms with Gasteiger partial charge in [-0.3, -0.25) is 4.90 Å². The third kappa shape index (κ3) is 10.6. The quantitative estimate of drug-likeness (QED) is 0.354. The third-order valence-electron chi connectivity index (χ3n) is 9.35. The predicted molar refractivity (Wildman–Crippen MR) is 152 cm³/mol. The first-order valence-corrected chi connectivity index (χ1v) is 16.2. The maximum absolute atomic E-state index is 6.71. The van der Waals surface area contributed by atoms with Crippen molar-refractivity contribution in [3.8, 4) is 0 Å². The summed E-state index contributed by atoms with van der Waals surface area (Å²) in [6, 6.07) is 0.600. The average Bonchev–Trinajstić information content (AvgIpc) is 2.92. The summed E-state index contributed by atoms with van der Waals surface area (Å²) in [7, 11) is 0. The molecule has 1 saturated carbocycles. The molecule has 0 amide bonds. The van der Waals surface area contributed by atoms with Crippen LogP contribution < -0.4 is 0 Å². The molecule has 0 aromatic heterocycles. The summed E-state index contributed by atoms with van der Waals surface area (Å²) in [4.78, 5) is 2.76. The number of hydrogen-bond acceptors (Lipinski definition) is 3. The number of hydrogen-bond donors (Lipinski definition) is 0. The minimum absolute atomic E-state index is 0.308. The molecule has 4 aliphatic rings. The molecule has 4 unspecified atom stereocenters. The summed E-state index contributed by atoms with van der Waals surface area (Å²) in [6.07, 6.45) is 38.9. The van der Waals surface area contributed by atoms with Crippen LogP contribution in [0.5, 0.6) is 0 Å². The first-order chi connectivity index (χ1) is 17.9. The molecule has 3 heteroatoms. The minimum Gasteiger partial charge on any atom is -0.375 e. The van der Waals surface area contributed by atoms with Gasteiger partial charge in [0.1, 0.15) is 0 Å². The Bertz CT molecular complexity index is 625. The predicted octanol–water partition coefficient (Wildman–Crippen LogP) is 8.77. The summed E-state index contributed by atoms with van der Waals surface area (Å²) < 4.78 is 13.3. The van der Waals surface area contributed by atoms with E-state index in [-0.39, 0.29) is 0 Å². The Morgan fingerprint density at radius 3 is 2.08 bits per heavy atom. The molecule has 3 fully saturated rings. The molecule has 1 aliphatic carbocycles. The lowest BCUT2D eigenvalue weighted by atomic mass is 9.88. The normalized spacial score (nSPS) is 34.1. The molecule has 0 aromatic rings. The largest absolute Gasteiger partial charge is 0.375 e. The lowest BCUT2D eigenvalue weighted by molar-refractivity contribution is -0.0644. The van der Waals surface area contributed by atoms with Gasteiger partial charge in [0.2, 0.25) is 0 Å². The van der Waals surface area contributed by atoms with Crippen LogP contribution in [0.15, 0.2) is 24.3 Å². The molecule has 206 valence electrons. The van der Waals surface area contributed by atoms with E-state index in [0.29, 0.717) is 24.4 Å². The number of ether oxygens (including phenoxy) is 2. The van der Waals surface area contributed by atoms with Crippen LogP contribution in [0.2, 0.25) is 0 Å². The number of fused-ring (bicyclic) bond motifs is 3. The first-order valence-electron chi connectivity index (χ1n) is 16.2. The van der Waals surface area contributed by atoms with E-state index in [1.807, 2.05) is 0 Å². The molecule has 0 aromatic carbocycles. The van der Waals surface area contributed by atoms with Gasteiger partial charge in [0.05, 0.1) is 24.9 Å². The van der Waals surface area contributed by atoms with Crippen molar-refractivity contribution in [2.45, 2.75) is 159 Å². The molecule has 0 spiro atoms. The monoisotopic (exact) mass is 499 g/mol. The topological polar surface area (TPSA) is 21.7 Å². The lowest BCUT2D eigenvalue weighted by Gasteiger charge is -2.38. The average molecular weight is 500 g/mol. The van der Waals surface area contributed by atoms with Gasteiger partial charge in [-0.2, -0.15) is 0 Å². The minimum atomic E-state index is 0.308. The maximum Gasteiger partial charge on any atom is 0.0756 e. The van der Waals surface area contributed by atoms with E-state index in [9.17, 15) is 0 Å². The van der Waals surface area contributed by atoms with Gasteiger partial charge in [-0.1, -0.05) is 69.2 Å². The fraction of sp³-hybridized carbons (Fsp3) is 0.879. The molecule has 3 nitrogen and oxygen atoms in total. The van der Waals surface area contributed by atoms with Gasteiger partial charge in [-0.15, -0.1) is 0 Å². The number of rotatable bonds is 2. The molecular weight excluding hydrogens is 442 g/mol. The van der Waals surface area contributed by atoms with Gasteiger partial charge in [0.15, 0.2) is 0 Å². The fourth-order valence-corrected chi connectivity index (χ4v) is 6.99. The summed E-state index contributed by atoms with van der Waals surface area (Å²) in [5.41, 5.74) is 0. The van der Waals surface area contributed by atoms with Crippen LogP contribution in [0, 0.1) is 5.92 Å². The summed E-state index contributed by atoms with van der Waals surface area (Å²) in [6.45, 7) is 3.36. The molecule has 2 saturated heterocycles. The van der Waals surface area contributed by atoms with Crippen molar-refractivity contribution in [2.24, 2.45) is 5.92 Å². The van der Waals surface area contributed by atoms with Crippen LogP contribution in [0.25, 0.3) is 0 Å². The van der Waals surface area contributed by atoms with Gasteiger partial charge >= 0.3 is 0 Å². The fourth-order valence-electron chi connectivity index (χ4n) is 6.99. The third-order valence-corrected chi connectivity index (χ3v) is 9.35. The van der Waals surface area contributed by atoms with E-state index < -0.39 is 0 Å². The second-order valence-electron chi connectivity index (χ2n) is 12.3. The van der Waals surface area contributed by atoms with Crippen molar-refractivity contribution in [3.05, 3.63) is 24.3 Å². The SMILES string of the molecule is C1=CCCCCC2CCCC(CCN3CCCCC3COC(C=CC3CCCCC3)CCCCC1)O2. The van der Waals surface area contributed by atoms with E-state index in [0.717, 1.165) is 12.5 Å². The molecule has 0 N–H and O–H groups in total. The van der Waals surface area contributed by atoms with E-state index in [1.54, 1.807) is 0 Å². The van der Waals surface area contributed by atoms with Crippen molar-refractivity contribution >= 4 is 0 Å². The molecular formula is C33H57NO2. The Hall–Kier alpha value is -0.640. The zero-order valence-corrected chi connectivity index (χ0v) is 23.4.